The molecule has 0 aromatic heterocycles. The molecular weight excluding hydrogens is 338 g/mol. The van der Waals surface area contributed by atoms with Crippen molar-refractivity contribution in [3.05, 3.63) is 26.0 Å². The molecule has 0 heterocycles. The van der Waals surface area contributed by atoms with Gasteiger partial charge in [0.1, 0.15) is 0 Å². The van der Waals surface area contributed by atoms with E-state index in [0.29, 0.717) is 12.4 Å². The summed E-state index contributed by atoms with van der Waals surface area (Å²) in [4.78, 5) is 0. The first-order valence-corrected chi connectivity index (χ1v) is 5.29. The molecular formula is C8H7BrFIO. The smallest absolute Gasteiger partial charge is 0.168 e. The molecule has 1 rings (SSSR count). The quantitative estimate of drug-likeness (QED) is 0.745. The van der Waals surface area contributed by atoms with Gasteiger partial charge in [-0.2, -0.15) is 0 Å². The maximum absolute atomic E-state index is 13.1. The van der Waals surface area contributed by atoms with Gasteiger partial charge in [0.15, 0.2) is 11.6 Å². The summed E-state index contributed by atoms with van der Waals surface area (Å²) >= 11 is 5.24. The van der Waals surface area contributed by atoms with Crippen LogP contribution < -0.4 is 4.74 Å². The molecule has 66 valence electrons. The second-order valence-electron chi connectivity index (χ2n) is 2.13. The van der Waals surface area contributed by atoms with E-state index in [0.717, 1.165) is 8.04 Å². The molecule has 0 fully saturated rings. The van der Waals surface area contributed by atoms with Crippen molar-refractivity contribution in [2.75, 3.05) is 6.61 Å². The third-order valence-corrected chi connectivity index (χ3v) is 2.51. The Morgan fingerprint density at radius 1 is 1.58 bits per heavy atom. The molecule has 0 N–H and O–H groups in total. The van der Waals surface area contributed by atoms with E-state index in [4.69, 9.17) is 4.74 Å². The van der Waals surface area contributed by atoms with Crippen molar-refractivity contribution in [2.24, 2.45) is 0 Å². The summed E-state index contributed by atoms with van der Waals surface area (Å²) in [6.45, 7) is 2.31. The highest BCUT2D eigenvalue weighted by Gasteiger charge is 2.08. The molecule has 0 saturated carbocycles. The molecule has 1 nitrogen and oxygen atoms in total. The maximum Gasteiger partial charge on any atom is 0.168 e. The van der Waals surface area contributed by atoms with Crippen molar-refractivity contribution in [3.63, 3.8) is 0 Å². The Morgan fingerprint density at radius 3 is 2.75 bits per heavy atom. The number of hydrogen-bond donors (Lipinski definition) is 0. The van der Waals surface area contributed by atoms with Gasteiger partial charge < -0.3 is 4.74 Å². The monoisotopic (exact) mass is 344 g/mol. The van der Waals surface area contributed by atoms with Gasteiger partial charge in [0.05, 0.1) is 10.2 Å². The first-order chi connectivity index (χ1) is 5.65. The Labute approximate surface area is 92.6 Å². The summed E-state index contributed by atoms with van der Waals surface area (Å²) in [5.41, 5.74) is 0. The Hall–Kier alpha value is 0.160. The van der Waals surface area contributed by atoms with Gasteiger partial charge in [-0.1, -0.05) is 15.9 Å². The van der Waals surface area contributed by atoms with E-state index >= 15 is 0 Å². The lowest BCUT2D eigenvalue weighted by molar-refractivity contribution is 0.319. The summed E-state index contributed by atoms with van der Waals surface area (Å²) in [6.07, 6.45) is 0. The van der Waals surface area contributed by atoms with Crippen LogP contribution in [0.5, 0.6) is 5.75 Å². The van der Waals surface area contributed by atoms with Crippen LogP contribution in [0.25, 0.3) is 0 Å². The maximum atomic E-state index is 13.1. The minimum atomic E-state index is -0.323. The lowest BCUT2D eigenvalue weighted by Crippen LogP contribution is -1.97. The third-order valence-electron chi connectivity index (χ3n) is 1.25. The van der Waals surface area contributed by atoms with Gasteiger partial charge in [0, 0.05) is 4.47 Å². The van der Waals surface area contributed by atoms with Gasteiger partial charge in [0.2, 0.25) is 0 Å². The SMILES string of the molecule is CCOc1c(F)cc(Br)cc1I. The molecule has 0 amide bonds. The van der Waals surface area contributed by atoms with Crippen LogP contribution in [0.1, 0.15) is 6.92 Å². The molecule has 0 atom stereocenters. The topological polar surface area (TPSA) is 9.23 Å². The fourth-order valence-electron chi connectivity index (χ4n) is 0.811. The Kier molecular flexibility index (Phi) is 3.77. The number of benzene rings is 1. The van der Waals surface area contributed by atoms with Crippen LogP contribution in [0.15, 0.2) is 16.6 Å². The third kappa shape index (κ3) is 2.32. The van der Waals surface area contributed by atoms with Gasteiger partial charge in [0.25, 0.3) is 0 Å². The normalized spacial score (nSPS) is 10.0. The fourth-order valence-corrected chi connectivity index (χ4v) is 2.42. The fraction of sp³-hybridized carbons (Fsp3) is 0.250. The van der Waals surface area contributed by atoms with E-state index < -0.39 is 0 Å². The molecule has 1 aromatic carbocycles. The van der Waals surface area contributed by atoms with E-state index in [2.05, 4.69) is 15.9 Å². The largest absolute Gasteiger partial charge is 0.490 e. The molecule has 0 aliphatic carbocycles. The van der Waals surface area contributed by atoms with Crippen molar-refractivity contribution in [2.45, 2.75) is 6.92 Å². The van der Waals surface area contributed by atoms with Gasteiger partial charge in [-0.25, -0.2) is 4.39 Å². The van der Waals surface area contributed by atoms with Crippen LogP contribution in [-0.4, -0.2) is 6.61 Å². The van der Waals surface area contributed by atoms with Crippen molar-refractivity contribution < 1.29 is 9.13 Å². The minimum absolute atomic E-state index is 0.323. The standard InChI is InChI=1S/C8H7BrFIO/c1-2-12-8-6(10)3-5(9)4-7(8)11/h3-4H,2H2,1H3. The summed E-state index contributed by atoms with van der Waals surface area (Å²) in [5, 5.41) is 0. The zero-order valence-electron chi connectivity index (χ0n) is 6.40. The highest BCUT2D eigenvalue weighted by molar-refractivity contribution is 14.1. The van der Waals surface area contributed by atoms with Gasteiger partial charge in [-0.05, 0) is 41.6 Å². The highest BCUT2D eigenvalue weighted by Crippen LogP contribution is 2.28. The van der Waals surface area contributed by atoms with Gasteiger partial charge >= 0.3 is 0 Å². The van der Waals surface area contributed by atoms with E-state index in [1.807, 2.05) is 35.6 Å². The van der Waals surface area contributed by atoms with Crippen molar-refractivity contribution in [1.82, 2.24) is 0 Å². The summed E-state index contributed by atoms with van der Waals surface area (Å²) in [5.74, 6) is 0.0110. The van der Waals surface area contributed by atoms with Crippen molar-refractivity contribution in [1.29, 1.82) is 0 Å². The van der Waals surface area contributed by atoms with E-state index in [-0.39, 0.29) is 5.82 Å². The molecule has 1 aromatic rings. The molecule has 0 bridgehead atoms. The molecule has 0 aliphatic heterocycles. The number of rotatable bonds is 2. The first-order valence-electron chi connectivity index (χ1n) is 3.42. The first kappa shape index (κ1) is 10.2. The average molecular weight is 345 g/mol. The van der Waals surface area contributed by atoms with Crippen LogP contribution >= 0.6 is 38.5 Å². The minimum Gasteiger partial charge on any atom is -0.490 e. The van der Waals surface area contributed by atoms with E-state index in [9.17, 15) is 4.39 Å². The highest BCUT2D eigenvalue weighted by atomic mass is 127. The molecule has 0 spiro atoms. The lowest BCUT2D eigenvalue weighted by atomic mass is 10.3. The van der Waals surface area contributed by atoms with Crippen LogP contribution in [0.3, 0.4) is 0 Å². The van der Waals surface area contributed by atoms with E-state index in [1.54, 1.807) is 0 Å². The Bertz CT molecular complexity index is 267. The summed E-state index contributed by atoms with van der Waals surface area (Å²) in [7, 11) is 0. The van der Waals surface area contributed by atoms with Crippen LogP contribution in [0.4, 0.5) is 4.39 Å². The van der Waals surface area contributed by atoms with Crippen LogP contribution in [0, 0.1) is 9.39 Å². The lowest BCUT2D eigenvalue weighted by Gasteiger charge is -2.06. The van der Waals surface area contributed by atoms with Gasteiger partial charge in [-0.15, -0.1) is 0 Å². The molecule has 0 aliphatic rings. The number of ether oxygens (including phenoxy) is 1. The second-order valence-corrected chi connectivity index (χ2v) is 4.21. The zero-order chi connectivity index (χ0) is 9.14. The molecule has 0 saturated heterocycles. The predicted octanol–water partition coefficient (Wildman–Crippen LogP) is 3.59. The summed E-state index contributed by atoms with van der Waals surface area (Å²) < 4.78 is 19.8. The Morgan fingerprint density at radius 2 is 2.25 bits per heavy atom. The molecule has 0 radical (unpaired) electrons. The molecule has 0 unspecified atom stereocenters. The number of hydrogen-bond acceptors (Lipinski definition) is 1. The average Bonchev–Trinajstić information content (AvgIpc) is 1.96. The van der Waals surface area contributed by atoms with Crippen LogP contribution in [0.2, 0.25) is 0 Å². The Balaban J connectivity index is 3.10. The molecule has 4 heteroatoms. The van der Waals surface area contributed by atoms with Crippen LogP contribution in [-0.2, 0) is 0 Å². The van der Waals surface area contributed by atoms with Crippen molar-refractivity contribution >= 4 is 38.5 Å². The predicted molar refractivity (Wildman–Crippen MR) is 58.0 cm³/mol. The molecule has 12 heavy (non-hydrogen) atoms. The van der Waals surface area contributed by atoms with E-state index in [1.165, 1.54) is 6.07 Å². The number of halogens is 3. The zero-order valence-corrected chi connectivity index (χ0v) is 10.1. The van der Waals surface area contributed by atoms with Gasteiger partial charge in [-0.3, -0.25) is 0 Å². The summed E-state index contributed by atoms with van der Waals surface area (Å²) in [6, 6.07) is 3.21. The second kappa shape index (κ2) is 4.41. The van der Waals surface area contributed by atoms with Crippen molar-refractivity contribution in [3.8, 4) is 5.75 Å².